The average molecular weight is 472 g/mol. The van der Waals surface area contributed by atoms with Gasteiger partial charge in [0.05, 0.1) is 40.6 Å². The van der Waals surface area contributed by atoms with Gasteiger partial charge in [0.2, 0.25) is 11.7 Å². The maximum Gasteiger partial charge on any atom is 0.217 e. The predicted molar refractivity (Wildman–Crippen MR) is 127 cm³/mol. The van der Waals surface area contributed by atoms with E-state index in [4.69, 9.17) is 23.7 Å². The molecular formula is C26H33NO7. The fourth-order valence-electron chi connectivity index (χ4n) is 4.96. The van der Waals surface area contributed by atoms with Crippen LogP contribution in [0.5, 0.6) is 17.2 Å². The van der Waals surface area contributed by atoms with Crippen molar-refractivity contribution in [2.75, 3.05) is 34.5 Å². The van der Waals surface area contributed by atoms with Crippen molar-refractivity contribution in [1.29, 1.82) is 0 Å². The first-order valence-electron chi connectivity index (χ1n) is 11.5. The highest BCUT2D eigenvalue weighted by atomic mass is 16.6. The molecule has 4 rings (SSSR count). The van der Waals surface area contributed by atoms with Crippen LogP contribution in [0.1, 0.15) is 37.8 Å². The number of aliphatic hydroxyl groups excluding tert-OH is 1. The number of fused-ring (bicyclic) bond motifs is 3. The number of benzene rings is 1. The molecule has 34 heavy (non-hydrogen) atoms. The zero-order valence-electron chi connectivity index (χ0n) is 20.4. The topological polar surface area (TPSA) is 95.5 Å². The van der Waals surface area contributed by atoms with Gasteiger partial charge in [-0.3, -0.25) is 4.79 Å². The Morgan fingerprint density at radius 3 is 2.53 bits per heavy atom. The van der Waals surface area contributed by atoms with E-state index in [1.165, 1.54) is 6.92 Å². The van der Waals surface area contributed by atoms with Gasteiger partial charge >= 0.3 is 0 Å². The van der Waals surface area contributed by atoms with Crippen LogP contribution in [0.2, 0.25) is 0 Å². The highest BCUT2D eigenvalue weighted by Gasteiger charge is 2.34. The van der Waals surface area contributed by atoms with Gasteiger partial charge in [-0.1, -0.05) is 0 Å². The Bertz CT molecular complexity index is 1050. The molecule has 1 aliphatic heterocycles. The van der Waals surface area contributed by atoms with Gasteiger partial charge in [0.25, 0.3) is 0 Å². The van der Waals surface area contributed by atoms with Gasteiger partial charge in [-0.05, 0) is 60.3 Å². The van der Waals surface area contributed by atoms with Crippen molar-refractivity contribution in [3.63, 3.8) is 0 Å². The number of aryl methyl sites for hydroxylation is 1. The lowest BCUT2D eigenvalue weighted by Crippen LogP contribution is -2.35. The fourth-order valence-corrected chi connectivity index (χ4v) is 4.96. The van der Waals surface area contributed by atoms with Crippen molar-refractivity contribution in [3.8, 4) is 17.2 Å². The largest absolute Gasteiger partial charge is 0.493 e. The van der Waals surface area contributed by atoms with E-state index in [-0.39, 0.29) is 18.1 Å². The molecule has 184 valence electrons. The molecule has 1 aromatic carbocycles. The third-order valence-corrected chi connectivity index (χ3v) is 6.48. The highest BCUT2D eigenvalue weighted by molar-refractivity contribution is 5.90. The molecule has 1 fully saturated rings. The van der Waals surface area contributed by atoms with Crippen LogP contribution in [0.15, 0.2) is 35.1 Å². The smallest absolute Gasteiger partial charge is 0.217 e. The monoisotopic (exact) mass is 471 g/mol. The van der Waals surface area contributed by atoms with Crippen LogP contribution in [0.3, 0.4) is 0 Å². The molecule has 1 saturated heterocycles. The Kier molecular flexibility index (Phi) is 7.19. The Labute approximate surface area is 200 Å². The molecule has 1 amide bonds. The summed E-state index contributed by atoms with van der Waals surface area (Å²) in [5.74, 6) is 1.97. The number of methoxy groups -OCH3 is 3. The minimum absolute atomic E-state index is 0.100. The maximum absolute atomic E-state index is 12.1. The zero-order valence-corrected chi connectivity index (χ0v) is 20.4. The predicted octanol–water partition coefficient (Wildman–Crippen LogP) is 2.93. The maximum atomic E-state index is 12.1. The number of amides is 1. The second-order valence-electron chi connectivity index (χ2n) is 8.75. The van der Waals surface area contributed by atoms with E-state index in [1.54, 1.807) is 27.4 Å². The van der Waals surface area contributed by atoms with Gasteiger partial charge in [0.1, 0.15) is 18.0 Å². The number of ether oxygens (including phenoxy) is 5. The summed E-state index contributed by atoms with van der Waals surface area (Å²) in [7, 11) is 4.77. The molecule has 0 aromatic heterocycles. The second kappa shape index (κ2) is 10.1. The molecule has 0 radical (unpaired) electrons. The average Bonchev–Trinajstić information content (AvgIpc) is 3.25. The van der Waals surface area contributed by atoms with Crippen LogP contribution < -0.4 is 19.5 Å². The summed E-state index contributed by atoms with van der Waals surface area (Å²) in [4.78, 5) is 12.1. The van der Waals surface area contributed by atoms with Crippen LogP contribution in [0.25, 0.3) is 5.57 Å². The van der Waals surface area contributed by atoms with Crippen molar-refractivity contribution in [2.24, 2.45) is 0 Å². The van der Waals surface area contributed by atoms with Crippen molar-refractivity contribution in [2.45, 2.75) is 51.4 Å². The zero-order chi connectivity index (χ0) is 24.4. The first-order chi connectivity index (χ1) is 16.4. The minimum Gasteiger partial charge on any atom is -0.493 e. The van der Waals surface area contributed by atoms with Crippen LogP contribution in [-0.2, 0) is 20.7 Å². The van der Waals surface area contributed by atoms with Crippen LogP contribution in [0, 0.1) is 0 Å². The van der Waals surface area contributed by atoms with Crippen molar-refractivity contribution in [1.82, 2.24) is 5.32 Å². The molecule has 1 heterocycles. The summed E-state index contributed by atoms with van der Waals surface area (Å²) >= 11 is 0. The molecule has 2 N–H and O–H groups in total. The molecule has 1 aromatic rings. The standard InChI is InChI=1S/C26H33NO7/c1-14-10-19-18(12-21(29)24(14)34-17-8-9-33-13-17)20(27-15(2)28)7-6-16-11-22(30-3)25(31-4)26(32-5)23(16)19/h10-12,17,20-21,29H,6-9,13H2,1-5H3,(H,27,28)/t17-,20+,21+/m1/s1. The summed E-state index contributed by atoms with van der Waals surface area (Å²) in [6.07, 6.45) is 4.81. The van der Waals surface area contributed by atoms with E-state index in [1.807, 2.05) is 19.1 Å². The van der Waals surface area contributed by atoms with Gasteiger partial charge in [0, 0.05) is 18.9 Å². The van der Waals surface area contributed by atoms with Gasteiger partial charge in [-0.15, -0.1) is 0 Å². The number of carbonyl (C=O) groups excluding carboxylic acids is 1. The molecule has 0 saturated carbocycles. The SMILES string of the molecule is COc1cc2c(c(OC)c1OC)C1=CC(C)=C(O[C@@H]3CCOC3)[C@@H](O)C=C1[C@@H](NC(C)=O)CC2. The Hall–Kier alpha value is -2.97. The molecule has 0 bridgehead atoms. The third kappa shape index (κ3) is 4.52. The molecule has 0 unspecified atom stereocenters. The summed E-state index contributed by atoms with van der Waals surface area (Å²) in [6, 6.07) is 1.66. The first-order valence-corrected chi connectivity index (χ1v) is 11.5. The van der Waals surface area contributed by atoms with E-state index >= 15 is 0 Å². The lowest BCUT2D eigenvalue weighted by Gasteiger charge is -2.23. The van der Waals surface area contributed by atoms with Crippen molar-refractivity contribution < 1.29 is 33.6 Å². The van der Waals surface area contributed by atoms with Gasteiger partial charge in [-0.25, -0.2) is 0 Å². The summed E-state index contributed by atoms with van der Waals surface area (Å²) in [5.41, 5.74) is 4.33. The van der Waals surface area contributed by atoms with Crippen molar-refractivity contribution in [3.05, 3.63) is 46.3 Å². The lowest BCUT2D eigenvalue weighted by molar-refractivity contribution is -0.119. The molecule has 3 aliphatic rings. The Morgan fingerprint density at radius 2 is 1.91 bits per heavy atom. The van der Waals surface area contributed by atoms with Gasteiger partial charge in [-0.2, -0.15) is 0 Å². The van der Waals surface area contributed by atoms with E-state index in [9.17, 15) is 9.90 Å². The second-order valence-corrected chi connectivity index (χ2v) is 8.75. The number of nitrogens with one attached hydrogen (secondary N) is 1. The molecule has 8 nitrogen and oxygen atoms in total. The third-order valence-electron chi connectivity index (χ3n) is 6.48. The summed E-state index contributed by atoms with van der Waals surface area (Å²) in [6.45, 7) is 4.56. The van der Waals surface area contributed by atoms with E-state index in [0.29, 0.717) is 49.1 Å². The summed E-state index contributed by atoms with van der Waals surface area (Å²) < 4.78 is 28.7. The Morgan fingerprint density at radius 1 is 1.15 bits per heavy atom. The lowest BCUT2D eigenvalue weighted by atomic mass is 9.90. The van der Waals surface area contributed by atoms with E-state index in [0.717, 1.165) is 34.3 Å². The van der Waals surface area contributed by atoms with Gasteiger partial charge < -0.3 is 34.1 Å². The molecule has 2 aliphatic carbocycles. The normalized spacial score (nSPS) is 24.1. The van der Waals surface area contributed by atoms with E-state index < -0.39 is 6.10 Å². The number of carbonyl (C=O) groups is 1. The van der Waals surface area contributed by atoms with E-state index in [2.05, 4.69) is 5.32 Å². The molecule has 0 spiro atoms. The molecular weight excluding hydrogens is 438 g/mol. The quantitative estimate of drug-likeness (QED) is 0.659. The number of rotatable bonds is 6. The summed E-state index contributed by atoms with van der Waals surface area (Å²) in [5, 5.41) is 14.3. The fraction of sp³-hybridized carbons (Fsp3) is 0.500. The molecule has 3 atom stereocenters. The number of hydrogen-bond acceptors (Lipinski definition) is 7. The van der Waals surface area contributed by atoms with Crippen LogP contribution >= 0.6 is 0 Å². The van der Waals surface area contributed by atoms with Gasteiger partial charge in [0.15, 0.2) is 11.5 Å². The number of allylic oxidation sites excluding steroid dienone is 2. The Balaban J connectivity index is 1.93. The van der Waals surface area contributed by atoms with Crippen LogP contribution in [-0.4, -0.2) is 63.8 Å². The molecule has 8 heteroatoms. The first kappa shape index (κ1) is 24.2. The van der Waals surface area contributed by atoms with Crippen molar-refractivity contribution >= 4 is 11.5 Å². The number of hydrogen-bond donors (Lipinski definition) is 2. The highest BCUT2D eigenvalue weighted by Crippen LogP contribution is 2.49. The van der Waals surface area contributed by atoms with Crippen LogP contribution in [0.4, 0.5) is 0 Å². The minimum atomic E-state index is -0.965. The number of aliphatic hydroxyl groups is 1.